The number of rotatable bonds is 77. The zero-order chi connectivity index (χ0) is 73.1. The van der Waals surface area contributed by atoms with Gasteiger partial charge in [0.1, 0.15) is 19.3 Å². The number of carbonyl (C=O) groups is 4. The van der Waals surface area contributed by atoms with Crippen LogP contribution in [-0.4, -0.2) is 96.7 Å². The Kier molecular flexibility index (Phi) is 67.8. The summed E-state index contributed by atoms with van der Waals surface area (Å²) in [6, 6.07) is 0. The fraction of sp³-hybridized carbons (Fsp3) is 0.950. The molecule has 0 aromatic carbocycles. The van der Waals surface area contributed by atoms with Gasteiger partial charge in [-0.1, -0.05) is 357 Å². The molecule has 0 aliphatic rings. The Hall–Kier alpha value is -1.94. The Morgan fingerprint density at radius 2 is 0.485 bits per heavy atom. The number of aliphatic hydroxyl groups excluding tert-OH is 1. The molecule has 588 valence electrons. The third-order valence-corrected chi connectivity index (χ3v) is 21.2. The fourth-order valence-corrected chi connectivity index (χ4v) is 13.8. The highest BCUT2D eigenvalue weighted by molar-refractivity contribution is 7.47. The number of carbonyl (C=O) groups excluding carboxylic acids is 4. The van der Waals surface area contributed by atoms with E-state index in [1.807, 2.05) is 0 Å². The molecule has 0 radical (unpaired) electrons. The van der Waals surface area contributed by atoms with E-state index in [0.29, 0.717) is 31.6 Å². The highest BCUT2D eigenvalue weighted by atomic mass is 31.2. The van der Waals surface area contributed by atoms with Crippen molar-refractivity contribution in [2.75, 3.05) is 39.6 Å². The molecule has 0 saturated heterocycles. The van der Waals surface area contributed by atoms with Gasteiger partial charge < -0.3 is 33.8 Å². The van der Waals surface area contributed by atoms with Crippen molar-refractivity contribution >= 4 is 39.5 Å². The normalized spacial score (nSPS) is 14.6. The summed E-state index contributed by atoms with van der Waals surface area (Å²) in [6.07, 6.45) is 55.7. The van der Waals surface area contributed by atoms with Gasteiger partial charge in [0.25, 0.3) is 0 Å². The summed E-state index contributed by atoms with van der Waals surface area (Å²) in [5.41, 5.74) is 0. The molecule has 4 unspecified atom stereocenters. The highest BCUT2D eigenvalue weighted by Gasteiger charge is 2.30. The van der Waals surface area contributed by atoms with Gasteiger partial charge in [0.15, 0.2) is 12.2 Å². The number of phosphoric acid groups is 2. The molecule has 19 heteroatoms. The molecule has 0 bridgehead atoms. The Morgan fingerprint density at radius 3 is 0.717 bits per heavy atom. The van der Waals surface area contributed by atoms with Crippen LogP contribution in [0.15, 0.2) is 0 Å². The first-order chi connectivity index (χ1) is 47.7. The summed E-state index contributed by atoms with van der Waals surface area (Å²) < 4.78 is 68.6. The number of aliphatic hydroxyl groups is 1. The summed E-state index contributed by atoms with van der Waals surface area (Å²) in [5.74, 6) is 0.977. The van der Waals surface area contributed by atoms with Crippen LogP contribution in [0.1, 0.15) is 409 Å². The van der Waals surface area contributed by atoms with E-state index in [2.05, 4.69) is 55.4 Å². The molecule has 0 saturated carbocycles. The van der Waals surface area contributed by atoms with E-state index in [1.165, 1.54) is 205 Å². The molecular weight excluding hydrogens is 1290 g/mol. The van der Waals surface area contributed by atoms with Gasteiger partial charge >= 0.3 is 39.5 Å². The van der Waals surface area contributed by atoms with E-state index in [-0.39, 0.29) is 25.7 Å². The van der Waals surface area contributed by atoms with Gasteiger partial charge in [-0.05, 0) is 49.4 Å². The van der Waals surface area contributed by atoms with Gasteiger partial charge in [-0.15, -0.1) is 0 Å². The number of hydrogen-bond donors (Lipinski definition) is 3. The van der Waals surface area contributed by atoms with Crippen LogP contribution in [0.25, 0.3) is 0 Å². The Labute approximate surface area is 607 Å². The second-order valence-corrected chi connectivity index (χ2v) is 33.1. The first-order valence-electron chi connectivity index (χ1n) is 41.3. The molecule has 7 atom stereocenters. The summed E-state index contributed by atoms with van der Waals surface area (Å²) in [4.78, 5) is 72.9. The molecule has 0 heterocycles. The van der Waals surface area contributed by atoms with Crippen molar-refractivity contribution in [1.82, 2.24) is 0 Å². The smallest absolute Gasteiger partial charge is 0.462 e. The standard InChI is InChI=1S/C80H156O17P2/c1-9-72(7)58-50-42-34-28-24-20-17-18-21-25-29-35-44-52-60-77(82)90-66-75(97-80(85)63-55-47-37-31-33-41-49-57-71(5)6)68-94-98(86,87)92-64-74(81)65-93-99(88,89)95-69-76(67-91-78(83)61-53-45-39-38-43-51-59-73(8)10-2)96-79(84)62-54-46-36-30-26-22-16-14-12-11-13-15-19-23-27-32-40-48-56-70(3)4/h70-76,81H,9-69H2,1-8H3,(H,86,87)(H,88,89)/t72?,73?,74-,75-,76-/m1/s1. The number of ether oxygens (including phenoxy) is 4. The fourth-order valence-electron chi connectivity index (χ4n) is 12.2. The lowest BCUT2D eigenvalue weighted by Crippen LogP contribution is -2.30. The lowest BCUT2D eigenvalue weighted by atomic mass is 9.99. The maximum Gasteiger partial charge on any atom is 0.472 e. The summed E-state index contributed by atoms with van der Waals surface area (Å²) >= 11 is 0. The first-order valence-corrected chi connectivity index (χ1v) is 44.3. The minimum atomic E-state index is -4.96. The summed E-state index contributed by atoms with van der Waals surface area (Å²) in [5, 5.41) is 10.6. The van der Waals surface area contributed by atoms with E-state index in [0.717, 1.165) is 114 Å². The van der Waals surface area contributed by atoms with Gasteiger partial charge in [-0.2, -0.15) is 0 Å². The van der Waals surface area contributed by atoms with Gasteiger partial charge in [0.05, 0.1) is 26.4 Å². The average molecular weight is 1450 g/mol. The molecule has 3 N–H and O–H groups in total. The van der Waals surface area contributed by atoms with Gasteiger partial charge in [-0.25, -0.2) is 9.13 Å². The third kappa shape index (κ3) is 71.5. The molecule has 0 aliphatic heterocycles. The number of esters is 4. The molecule has 0 aromatic rings. The van der Waals surface area contributed by atoms with E-state index in [9.17, 15) is 43.2 Å². The van der Waals surface area contributed by atoms with Crippen LogP contribution in [0.2, 0.25) is 0 Å². The van der Waals surface area contributed by atoms with E-state index < -0.39 is 97.5 Å². The van der Waals surface area contributed by atoms with Crippen molar-refractivity contribution in [1.29, 1.82) is 0 Å². The highest BCUT2D eigenvalue weighted by Crippen LogP contribution is 2.45. The lowest BCUT2D eigenvalue weighted by Gasteiger charge is -2.21. The molecule has 0 aliphatic carbocycles. The van der Waals surface area contributed by atoms with Crippen LogP contribution in [0.5, 0.6) is 0 Å². The van der Waals surface area contributed by atoms with E-state index >= 15 is 0 Å². The third-order valence-electron chi connectivity index (χ3n) is 19.3. The van der Waals surface area contributed by atoms with Crippen molar-refractivity contribution in [3.8, 4) is 0 Å². The predicted molar refractivity (Wildman–Crippen MR) is 404 cm³/mol. The minimum absolute atomic E-state index is 0.103. The van der Waals surface area contributed by atoms with Crippen molar-refractivity contribution in [3.63, 3.8) is 0 Å². The van der Waals surface area contributed by atoms with Crippen molar-refractivity contribution in [2.24, 2.45) is 23.7 Å². The minimum Gasteiger partial charge on any atom is -0.462 e. The molecular formula is C80H156O17P2. The van der Waals surface area contributed by atoms with Gasteiger partial charge in [0.2, 0.25) is 0 Å². The SMILES string of the molecule is CCC(C)CCCCCCCCCCCCCCCCC(=O)OC[C@H](COP(=O)(O)OC[C@@H](O)COP(=O)(O)OC[C@@H](COC(=O)CCCCCCCCC(C)CC)OC(=O)CCCCCCCCCCCCCCCCCCCCC(C)C)OC(=O)CCCCCCCCCC(C)C. The molecule has 0 aromatic heterocycles. The van der Waals surface area contributed by atoms with Crippen LogP contribution < -0.4 is 0 Å². The molecule has 0 amide bonds. The molecule has 0 fully saturated rings. The predicted octanol–water partition coefficient (Wildman–Crippen LogP) is 23.6. The lowest BCUT2D eigenvalue weighted by molar-refractivity contribution is -0.161. The molecule has 0 rings (SSSR count). The number of unbranched alkanes of at least 4 members (excludes halogenated alkanes) is 41. The zero-order valence-electron chi connectivity index (χ0n) is 65.1. The van der Waals surface area contributed by atoms with Crippen LogP contribution >= 0.6 is 15.6 Å². The second-order valence-electron chi connectivity index (χ2n) is 30.2. The van der Waals surface area contributed by atoms with Crippen LogP contribution in [0.3, 0.4) is 0 Å². The van der Waals surface area contributed by atoms with Crippen molar-refractivity contribution in [3.05, 3.63) is 0 Å². The quantitative estimate of drug-likeness (QED) is 0.0222. The summed E-state index contributed by atoms with van der Waals surface area (Å²) in [6.45, 7) is 14.2. The van der Waals surface area contributed by atoms with Crippen LogP contribution in [-0.2, 0) is 65.4 Å². The largest absolute Gasteiger partial charge is 0.472 e. The van der Waals surface area contributed by atoms with Crippen molar-refractivity contribution < 1.29 is 80.2 Å². The van der Waals surface area contributed by atoms with Gasteiger partial charge in [0, 0.05) is 25.7 Å². The van der Waals surface area contributed by atoms with E-state index in [4.69, 9.17) is 37.0 Å². The zero-order valence-corrected chi connectivity index (χ0v) is 66.9. The maximum atomic E-state index is 13.1. The topological polar surface area (TPSA) is 237 Å². The number of hydrogen-bond acceptors (Lipinski definition) is 15. The average Bonchev–Trinajstić information content (AvgIpc) is 0.966. The summed E-state index contributed by atoms with van der Waals surface area (Å²) in [7, 11) is -9.92. The maximum absolute atomic E-state index is 13.1. The number of phosphoric ester groups is 2. The van der Waals surface area contributed by atoms with Crippen LogP contribution in [0.4, 0.5) is 0 Å². The van der Waals surface area contributed by atoms with Crippen molar-refractivity contribution in [2.45, 2.75) is 427 Å². The molecule has 99 heavy (non-hydrogen) atoms. The van der Waals surface area contributed by atoms with Gasteiger partial charge in [-0.3, -0.25) is 37.3 Å². The van der Waals surface area contributed by atoms with E-state index in [1.54, 1.807) is 0 Å². The molecule has 17 nitrogen and oxygen atoms in total. The van der Waals surface area contributed by atoms with Crippen LogP contribution in [0, 0.1) is 23.7 Å². The second kappa shape index (κ2) is 69.1. The molecule has 0 spiro atoms. The monoisotopic (exact) mass is 1450 g/mol. The Balaban J connectivity index is 5.15. The first kappa shape index (κ1) is 97.1. The Morgan fingerprint density at radius 1 is 0.283 bits per heavy atom. The Bertz CT molecular complexity index is 1940.